The SMILES string of the molecule is N#Cc1cccc2cnc(Br)nc12. The summed E-state index contributed by atoms with van der Waals surface area (Å²) in [5.74, 6) is 0. The lowest BCUT2D eigenvalue weighted by Gasteiger charge is -1.97. The van der Waals surface area contributed by atoms with Gasteiger partial charge in [0.15, 0.2) is 4.73 Å². The topological polar surface area (TPSA) is 49.6 Å². The first-order chi connectivity index (χ1) is 6.31. The maximum atomic E-state index is 8.80. The van der Waals surface area contributed by atoms with Crippen LogP contribution in [0.1, 0.15) is 5.56 Å². The Labute approximate surface area is 83.2 Å². The van der Waals surface area contributed by atoms with E-state index >= 15 is 0 Å². The summed E-state index contributed by atoms with van der Waals surface area (Å²) >= 11 is 3.16. The average Bonchev–Trinajstić information content (AvgIpc) is 2.17. The number of fused-ring (bicyclic) bond motifs is 1. The Balaban J connectivity index is 2.89. The first-order valence-electron chi connectivity index (χ1n) is 3.62. The largest absolute Gasteiger partial charge is 0.230 e. The molecule has 0 bridgehead atoms. The summed E-state index contributed by atoms with van der Waals surface area (Å²) in [7, 11) is 0. The third kappa shape index (κ3) is 1.38. The van der Waals surface area contributed by atoms with E-state index < -0.39 is 0 Å². The van der Waals surface area contributed by atoms with Crippen LogP contribution in [0.2, 0.25) is 0 Å². The molecule has 0 radical (unpaired) electrons. The zero-order valence-electron chi connectivity index (χ0n) is 6.53. The minimum absolute atomic E-state index is 0.503. The molecule has 0 unspecified atom stereocenters. The second-order valence-corrected chi connectivity index (χ2v) is 3.20. The number of benzene rings is 1. The molecule has 1 aromatic carbocycles. The van der Waals surface area contributed by atoms with Gasteiger partial charge in [-0.25, -0.2) is 9.97 Å². The number of nitrogens with zero attached hydrogens (tertiary/aromatic N) is 3. The molecule has 0 spiro atoms. The van der Waals surface area contributed by atoms with E-state index in [0.717, 1.165) is 5.39 Å². The van der Waals surface area contributed by atoms with Crippen LogP contribution in [0, 0.1) is 11.3 Å². The van der Waals surface area contributed by atoms with E-state index in [0.29, 0.717) is 15.8 Å². The van der Waals surface area contributed by atoms with Crippen LogP contribution in [-0.2, 0) is 0 Å². The molecule has 0 aliphatic rings. The van der Waals surface area contributed by atoms with Gasteiger partial charge in [0.2, 0.25) is 0 Å². The number of hydrogen-bond donors (Lipinski definition) is 0. The van der Waals surface area contributed by atoms with E-state index in [1.54, 1.807) is 12.3 Å². The Morgan fingerprint density at radius 2 is 2.23 bits per heavy atom. The third-order valence-electron chi connectivity index (χ3n) is 1.70. The highest BCUT2D eigenvalue weighted by Crippen LogP contribution is 2.16. The van der Waals surface area contributed by atoms with Crippen molar-refractivity contribution in [1.29, 1.82) is 5.26 Å². The Kier molecular flexibility index (Phi) is 1.95. The molecule has 62 valence electrons. The Hall–Kier alpha value is -1.47. The van der Waals surface area contributed by atoms with Crippen molar-refractivity contribution in [3.05, 3.63) is 34.7 Å². The summed E-state index contributed by atoms with van der Waals surface area (Å²) in [6, 6.07) is 7.52. The predicted molar refractivity (Wildman–Crippen MR) is 52.0 cm³/mol. The van der Waals surface area contributed by atoms with Crippen molar-refractivity contribution >= 4 is 26.8 Å². The summed E-state index contributed by atoms with van der Waals surface area (Å²) in [6.07, 6.45) is 1.69. The van der Waals surface area contributed by atoms with Crippen LogP contribution >= 0.6 is 15.9 Å². The fraction of sp³-hybridized carbons (Fsp3) is 0. The Morgan fingerprint density at radius 3 is 3.00 bits per heavy atom. The molecule has 0 fully saturated rings. The quantitative estimate of drug-likeness (QED) is 0.657. The molecule has 0 saturated heterocycles. The van der Waals surface area contributed by atoms with Crippen molar-refractivity contribution in [2.24, 2.45) is 0 Å². The predicted octanol–water partition coefficient (Wildman–Crippen LogP) is 2.26. The van der Waals surface area contributed by atoms with E-state index in [1.165, 1.54) is 0 Å². The lowest BCUT2D eigenvalue weighted by molar-refractivity contribution is 1.16. The molecule has 2 rings (SSSR count). The van der Waals surface area contributed by atoms with Gasteiger partial charge in [-0.2, -0.15) is 5.26 Å². The van der Waals surface area contributed by atoms with E-state index in [2.05, 4.69) is 32.0 Å². The molecule has 0 amide bonds. The van der Waals surface area contributed by atoms with Crippen LogP contribution in [0.25, 0.3) is 10.9 Å². The van der Waals surface area contributed by atoms with Crippen molar-refractivity contribution < 1.29 is 0 Å². The molecule has 4 heteroatoms. The number of nitriles is 1. The molecule has 0 N–H and O–H groups in total. The number of rotatable bonds is 0. The molecule has 0 aliphatic heterocycles. The van der Waals surface area contributed by atoms with Gasteiger partial charge in [0.25, 0.3) is 0 Å². The first-order valence-corrected chi connectivity index (χ1v) is 4.42. The van der Waals surface area contributed by atoms with Crippen LogP contribution < -0.4 is 0 Å². The highest BCUT2D eigenvalue weighted by atomic mass is 79.9. The van der Waals surface area contributed by atoms with Gasteiger partial charge in [0.1, 0.15) is 6.07 Å². The summed E-state index contributed by atoms with van der Waals surface area (Å²) in [6.45, 7) is 0. The standard InChI is InChI=1S/C9H4BrN3/c10-9-12-5-7-3-1-2-6(4-11)8(7)13-9/h1-3,5H. The van der Waals surface area contributed by atoms with Crippen molar-refractivity contribution in [3.63, 3.8) is 0 Å². The summed E-state index contributed by atoms with van der Waals surface area (Å²) in [5, 5.41) is 9.68. The maximum Gasteiger partial charge on any atom is 0.197 e. The molecule has 2 aromatic rings. The van der Waals surface area contributed by atoms with Gasteiger partial charge >= 0.3 is 0 Å². The normalized spacial score (nSPS) is 9.85. The van der Waals surface area contributed by atoms with Crippen molar-refractivity contribution in [2.75, 3.05) is 0 Å². The molecule has 1 heterocycles. The monoisotopic (exact) mass is 233 g/mol. The summed E-state index contributed by atoms with van der Waals surface area (Å²) < 4.78 is 0.503. The fourth-order valence-electron chi connectivity index (χ4n) is 1.12. The average molecular weight is 234 g/mol. The van der Waals surface area contributed by atoms with Crippen molar-refractivity contribution in [3.8, 4) is 6.07 Å². The molecular weight excluding hydrogens is 230 g/mol. The van der Waals surface area contributed by atoms with Gasteiger partial charge in [-0.05, 0) is 22.0 Å². The Bertz CT molecular complexity index is 502. The molecule has 1 aromatic heterocycles. The number of hydrogen-bond acceptors (Lipinski definition) is 3. The second-order valence-electron chi connectivity index (χ2n) is 2.49. The molecule has 0 aliphatic carbocycles. The van der Waals surface area contributed by atoms with E-state index in [9.17, 15) is 0 Å². The van der Waals surface area contributed by atoms with Gasteiger partial charge < -0.3 is 0 Å². The lowest BCUT2D eigenvalue weighted by atomic mass is 10.1. The van der Waals surface area contributed by atoms with Crippen LogP contribution in [0.4, 0.5) is 0 Å². The van der Waals surface area contributed by atoms with Crippen LogP contribution in [0.5, 0.6) is 0 Å². The molecule has 0 atom stereocenters. The first kappa shape index (κ1) is 8.14. The summed E-state index contributed by atoms with van der Waals surface area (Å²) in [5.41, 5.74) is 1.26. The highest BCUT2D eigenvalue weighted by molar-refractivity contribution is 9.10. The van der Waals surface area contributed by atoms with Gasteiger partial charge in [0, 0.05) is 11.6 Å². The highest BCUT2D eigenvalue weighted by Gasteiger charge is 2.01. The van der Waals surface area contributed by atoms with Crippen LogP contribution in [0.3, 0.4) is 0 Å². The van der Waals surface area contributed by atoms with Crippen LogP contribution in [0.15, 0.2) is 29.1 Å². The van der Waals surface area contributed by atoms with Crippen LogP contribution in [-0.4, -0.2) is 9.97 Å². The number of halogens is 1. The maximum absolute atomic E-state index is 8.80. The zero-order valence-corrected chi connectivity index (χ0v) is 8.12. The van der Waals surface area contributed by atoms with Gasteiger partial charge in [-0.15, -0.1) is 0 Å². The fourth-order valence-corrected chi connectivity index (χ4v) is 1.40. The van der Waals surface area contributed by atoms with Crippen molar-refractivity contribution in [2.45, 2.75) is 0 Å². The second kappa shape index (κ2) is 3.11. The lowest BCUT2D eigenvalue weighted by Crippen LogP contribution is -1.87. The molecule has 3 nitrogen and oxygen atoms in total. The third-order valence-corrected chi connectivity index (χ3v) is 2.08. The van der Waals surface area contributed by atoms with E-state index in [1.807, 2.05) is 12.1 Å². The van der Waals surface area contributed by atoms with Gasteiger partial charge in [-0.3, -0.25) is 0 Å². The zero-order chi connectivity index (χ0) is 9.26. The minimum atomic E-state index is 0.503. The summed E-state index contributed by atoms with van der Waals surface area (Å²) in [4.78, 5) is 8.11. The van der Waals surface area contributed by atoms with Gasteiger partial charge in [0.05, 0.1) is 11.1 Å². The smallest absolute Gasteiger partial charge is 0.197 e. The van der Waals surface area contributed by atoms with E-state index in [4.69, 9.17) is 5.26 Å². The molecule has 13 heavy (non-hydrogen) atoms. The Morgan fingerprint density at radius 1 is 1.38 bits per heavy atom. The number of para-hydroxylation sites is 1. The molecular formula is C9H4BrN3. The molecule has 0 saturated carbocycles. The van der Waals surface area contributed by atoms with Crippen molar-refractivity contribution in [1.82, 2.24) is 9.97 Å². The van der Waals surface area contributed by atoms with E-state index in [-0.39, 0.29) is 0 Å². The minimum Gasteiger partial charge on any atom is -0.230 e. The number of aromatic nitrogens is 2. The van der Waals surface area contributed by atoms with Gasteiger partial charge in [-0.1, -0.05) is 12.1 Å².